The molecular weight excluding hydrogens is 431 g/mol. The second kappa shape index (κ2) is 8.26. The number of halogens is 4. The van der Waals surface area contributed by atoms with Crippen molar-refractivity contribution in [2.24, 2.45) is 0 Å². The van der Waals surface area contributed by atoms with Gasteiger partial charge in [-0.25, -0.2) is 4.68 Å². The Morgan fingerprint density at radius 3 is 2.52 bits per heavy atom. The van der Waals surface area contributed by atoms with Crippen LogP contribution in [0.25, 0.3) is 5.69 Å². The molecule has 1 heterocycles. The maximum absolute atomic E-state index is 13.4. The van der Waals surface area contributed by atoms with Gasteiger partial charge in [0.1, 0.15) is 5.75 Å². The highest BCUT2D eigenvalue weighted by Crippen LogP contribution is 2.37. The number of amides is 1. The molecule has 0 fully saturated rings. The fraction of sp³-hybridized carbons (Fsp3) is 0.273. The Kier molecular flexibility index (Phi) is 5.66. The van der Waals surface area contributed by atoms with Gasteiger partial charge in [-0.1, -0.05) is 11.6 Å². The van der Waals surface area contributed by atoms with E-state index in [2.05, 4.69) is 10.4 Å². The van der Waals surface area contributed by atoms with E-state index in [4.69, 9.17) is 16.3 Å². The Labute approximate surface area is 181 Å². The summed E-state index contributed by atoms with van der Waals surface area (Å²) in [6.07, 6.45) is -2.06. The van der Waals surface area contributed by atoms with Crippen molar-refractivity contribution in [3.05, 3.63) is 70.0 Å². The molecule has 162 valence electrons. The van der Waals surface area contributed by atoms with Crippen LogP contribution in [0.3, 0.4) is 0 Å². The highest BCUT2D eigenvalue weighted by atomic mass is 35.5. The quantitative estimate of drug-likeness (QED) is 0.557. The fourth-order valence-electron chi connectivity index (χ4n) is 3.77. The third-order valence-electron chi connectivity index (χ3n) is 5.23. The zero-order valence-corrected chi connectivity index (χ0v) is 17.3. The number of alkyl halides is 3. The molecule has 5 nitrogen and oxygen atoms in total. The predicted molar refractivity (Wildman–Crippen MR) is 111 cm³/mol. The van der Waals surface area contributed by atoms with Gasteiger partial charge < -0.3 is 10.1 Å². The Balaban J connectivity index is 1.61. The van der Waals surface area contributed by atoms with E-state index < -0.39 is 17.8 Å². The van der Waals surface area contributed by atoms with Gasteiger partial charge in [-0.2, -0.15) is 18.3 Å². The number of carbonyl (C=O) groups excluding carboxylic acids is 1. The van der Waals surface area contributed by atoms with Crippen LogP contribution in [0.4, 0.5) is 18.9 Å². The Morgan fingerprint density at radius 1 is 1.13 bits per heavy atom. The Hall–Kier alpha value is -3.00. The summed E-state index contributed by atoms with van der Waals surface area (Å²) in [5, 5.41) is 7.04. The minimum absolute atomic E-state index is 0.272. The lowest BCUT2D eigenvalue weighted by Crippen LogP contribution is -2.13. The second-order valence-corrected chi connectivity index (χ2v) is 7.67. The van der Waals surface area contributed by atoms with Gasteiger partial charge in [0.2, 0.25) is 0 Å². The molecule has 3 aromatic rings. The average molecular weight is 450 g/mol. The van der Waals surface area contributed by atoms with Gasteiger partial charge in [0, 0.05) is 21.8 Å². The summed E-state index contributed by atoms with van der Waals surface area (Å²) in [7, 11) is 1.48. The topological polar surface area (TPSA) is 56.1 Å². The van der Waals surface area contributed by atoms with Crippen molar-refractivity contribution in [3.63, 3.8) is 0 Å². The van der Waals surface area contributed by atoms with Crippen molar-refractivity contribution in [1.82, 2.24) is 9.78 Å². The van der Waals surface area contributed by atoms with Gasteiger partial charge in [-0.3, -0.25) is 4.79 Å². The van der Waals surface area contributed by atoms with Crippen molar-refractivity contribution in [2.75, 3.05) is 12.4 Å². The van der Waals surface area contributed by atoms with Crippen LogP contribution in [0.1, 0.15) is 40.2 Å². The molecule has 1 amide bonds. The van der Waals surface area contributed by atoms with Crippen LogP contribution in [0.15, 0.2) is 42.5 Å². The number of hydrogen-bond donors (Lipinski definition) is 1. The Bertz CT molecular complexity index is 1120. The van der Waals surface area contributed by atoms with Gasteiger partial charge in [0.15, 0.2) is 5.69 Å². The maximum Gasteiger partial charge on any atom is 0.435 e. The molecule has 0 bridgehead atoms. The molecule has 0 aliphatic heterocycles. The highest BCUT2D eigenvalue weighted by Gasteiger charge is 2.39. The van der Waals surface area contributed by atoms with Gasteiger partial charge in [0.05, 0.1) is 18.5 Å². The summed E-state index contributed by atoms with van der Waals surface area (Å²) >= 11 is 5.99. The van der Waals surface area contributed by atoms with Crippen molar-refractivity contribution in [3.8, 4) is 11.4 Å². The van der Waals surface area contributed by atoms with E-state index >= 15 is 0 Å². The lowest BCUT2D eigenvalue weighted by atomic mass is 9.95. The van der Waals surface area contributed by atoms with Crippen LogP contribution in [0.2, 0.25) is 5.02 Å². The molecule has 1 N–H and O–H groups in total. The normalized spacial score (nSPS) is 13.6. The third-order valence-corrected chi connectivity index (χ3v) is 5.47. The first-order valence-electron chi connectivity index (χ1n) is 9.71. The van der Waals surface area contributed by atoms with Crippen LogP contribution in [0, 0.1) is 0 Å². The molecule has 0 saturated heterocycles. The number of hydrogen-bond acceptors (Lipinski definition) is 3. The first-order valence-corrected chi connectivity index (χ1v) is 10.1. The number of benzene rings is 2. The summed E-state index contributed by atoms with van der Waals surface area (Å²) in [4.78, 5) is 12.6. The van der Waals surface area contributed by atoms with Crippen LogP contribution in [0.5, 0.6) is 5.75 Å². The van der Waals surface area contributed by atoms with Crippen LogP contribution >= 0.6 is 11.6 Å². The predicted octanol–water partition coefficient (Wildman–Crippen LogP) is 5.68. The summed E-state index contributed by atoms with van der Waals surface area (Å²) in [6, 6.07) is 11.1. The lowest BCUT2D eigenvalue weighted by molar-refractivity contribution is -0.142. The van der Waals surface area contributed by atoms with E-state index in [-0.39, 0.29) is 5.56 Å². The first-order chi connectivity index (χ1) is 14.8. The average Bonchev–Trinajstić information content (AvgIpc) is 3.14. The summed E-state index contributed by atoms with van der Waals surface area (Å²) in [5.41, 5.74) is 1.26. The molecule has 9 heteroatoms. The minimum atomic E-state index is -4.50. The summed E-state index contributed by atoms with van der Waals surface area (Å²) in [5.74, 6) is 0.0582. The zero-order valence-electron chi connectivity index (χ0n) is 16.6. The van der Waals surface area contributed by atoms with E-state index in [1.165, 1.54) is 11.8 Å². The molecule has 4 rings (SSSR count). The molecule has 1 aromatic heterocycles. The molecule has 0 spiro atoms. The molecule has 1 aliphatic rings. The van der Waals surface area contributed by atoms with E-state index in [1.807, 2.05) is 0 Å². The number of rotatable bonds is 4. The van der Waals surface area contributed by atoms with Crippen LogP contribution in [-0.4, -0.2) is 22.8 Å². The monoisotopic (exact) mass is 449 g/mol. The van der Waals surface area contributed by atoms with E-state index in [1.54, 1.807) is 42.5 Å². The lowest BCUT2D eigenvalue weighted by Gasteiger charge is -2.15. The molecule has 0 unspecified atom stereocenters. The van der Waals surface area contributed by atoms with Crippen LogP contribution < -0.4 is 10.1 Å². The van der Waals surface area contributed by atoms with Gasteiger partial charge >= 0.3 is 6.18 Å². The first kappa shape index (κ1) is 21.2. The van der Waals surface area contributed by atoms with Crippen molar-refractivity contribution >= 4 is 23.2 Å². The molecule has 2 aromatic carbocycles. The number of nitrogens with zero attached hydrogens (tertiary/aromatic N) is 2. The van der Waals surface area contributed by atoms with E-state index in [0.29, 0.717) is 52.7 Å². The zero-order chi connectivity index (χ0) is 22.2. The van der Waals surface area contributed by atoms with Gasteiger partial charge in [-0.05, 0) is 68.1 Å². The molecule has 31 heavy (non-hydrogen) atoms. The number of carbonyl (C=O) groups is 1. The SMILES string of the molecule is COc1ccc(Cl)cc1NC(=O)c1ccc(-n2nc(C(F)(F)F)c3c2CCCC3)cc1. The van der Waals surface area contributed by atoms with Gasteiger partial charge in [0.25, 0.3) is 5.91 Å². The smallest absolute Gasteiger partial charge is 0.435 e. The largest absolute Gasteiger partial charge is 0.495 e. The van der Waals surface area contributed by atoms with Crippen molar-refractivity contribution < 1.29 is 22.7 Å². The molecule has 0 radical (unpaired) electrons. The molecular formula is C22H19ClF3N3O2. The summed E-state index contributed by atoms with van der Waals surface area (Å²) in [6.45, 7) is 0. The number of anilines is 1. The third kappa shape index (κ3) is 4.25. The Morgan fingerprint density at radius 2 is 1.84 bits per heavy atom. The number of aromatic nitrogens is 2. The van der Waals surface area contributed by atoms with Crippen molar-refractivity contribution in [1.29, 1.82) is 0 Å². The molecule has 1 aliphatic carbocycles. The standard InChI is InChI=1S/C22H19ClF3N3O2/c1-31-19-11-8-14(23)12-17(19)27-21(30)13-6-9-15(10-7-13)29-18-5-3-2-4-16(18)20(28-29)22(24,25)26/h6-12H,2-5H2,1H3,(H,27,30). The minimum Gasteiger partial charge on any atom is -0.495 e. The van der Waals surface area contributed by atoms with E-state index in [9.17, 15) is 18.0 Å². The maximum atomic E-state index is 13.4. The van der Waals surface area contributed by atoms with E-state index in [0.717, 1.165) is 6.42 Å². The fourth-order valence-corrected chi connectivity index (χ4v) is 3.94. The molecule has 0 atom stereocenters. The van der Waals surface area contributed by atoms with Crippen LogP contribution in [-0.2, 0) is 19.0 Å². The number of fused-ring (bicyclic) bond motifs is 1. The second-order valence-electron chi connectivity index (χ2n) is 7.24. The molecule has 0 saturated carbocycles. The number of methoxy groups -OCH3 is 1. The number of nitrogens with one attached hydrogen (secondary N) is 1. The summed E-state index contributed by atoms with van der Waals surface area (Å²) < 4.78 is 46.8. The van der Waals surface area contributed by atoms with Crippen molar-refractivity contribution in [2.45, 2.75) is 31.9 Å². The number of ether oxygens (including phenoxy) is 1. The highest BCUT2D eigenvalue weighted by molar-refractivity contribution is 6.31. The van der Waals surface area contributed by atoms with Gasteiger partial charge in [-0.15, -0.1) is 0 Å².